The van der Waals surface area contributed by atoms with Gasteiger partial charge in [0.05, 0.1) is 5.69 Å². The van der Waals surface area contributed by atoms with Crippen LogP contribution in [0.15, 0.2) is 18.2 Å². The Bertz CT molecular complexity index is 543. The number of carbonyl (C=O) groups excluding carboxylic acids is 1. The summed E-state index contributed by atoms with van der Waals surface area (Å²) in [5.74, 6) is -0.237. The zero-order valence-corrected chi connectivity index (χ0v) is 12.3. The van der Waals surface area contributed by atoms with Crippen LogP contribution in [-0.4, -0.2) is 30.1 Å². The van der Waals surface area contributed by atoms with Gasteiger partial charge in [0.2, 0.25) is 0 Å². The molecule has 0 radical (unpaired) electrons. The molecule has 0 aromatic heterocycles. The number of nitrogens with zero attached hydrogens (tertiary/aromatic N) is 2. The summed E-state index contributed by atoms with van der Waals surface area (Å²) in [4.78, 5) is 15.9. The van der Waals surface area contributed by atoms with E-state index in [2.05, 4.69) is 18.7 Å². The standard InChI is InChI=1S/C16H22N2O2/c1-4-11-6-5-10(2)18(11)12-7-8-13-14(9-12)17(3)16(20)15(13)19/h7-11,15,19H,4-6H2,1-3H3. The summed E-state index contributed by atoms with van der Waals surface area (Å²) in [6.07, 6.45) is 2.58. The van der Waals surface area contributed by atoms with Crippen LogP contribution in [0.25, 0.3) is 0 Å². The number of aliphatic hydroxyl groups excluding tert-OH is 1. The molecule has 108 valence electrons. The molecule has 1 fully saturated rings. The highest BCUT2D eigenvalue weighted by Crippen LogP contribution is 2.40. The van der Waals surface area contributed by atoms with E-state index in [4.69, 9.17) is 0 Å². The maximum atomic E-state index is 11.8. The fraction of sp³-hybridized carbons (Fsp3) is 0.562. The maximum absolute atomic E-state index is 11.8. The lowest BCUT2D eigenvalue weighted by molar-refractivity contribution is -0.125. The minimum absolute atomic E-state index is 0.237. The van der Waals surface area contributed by atoms with E-state index in [1.54, 1.807) is 11.9 Å². The van der Waals surface area contributed by atoms with Gasteiger partial charge < -0.3 is 14.9 Å². The Morgan fingerprint density at radius 3 is 2.80 bits per heavy atom. The number of hydrogen-bond donors (Lipinski definition) is 1. The van der Waals surface area contributed by atoms with Gasteiger partial charge in [-0.2, -0.15) is 0 Å². The van der Waals surface area contributed by atoms with E-state index in [-0.39, 0.29) is 5.91 Å². The minimum Gasteiger partial charge on any atom is -0.378 e. The monoisotopic (exact) mass is 274 g/mol. The van der Waals surface area contributed by atoms with E-state index in [1.165, 1.54) is 12.8 Å². The quantitative estimate of drug-likeness (QED) is 0.901. The Morgan fingerprint density at radius 2 is 2.10 bits per heavy atom. The molecule has 2 heterocycles. The first-order chi connectivity index (χ1) is 9.54. The normalized spacial score (nSPS) is 29.2. The van der Waals surface area contributed by atoms with Gasteiger partial charge in [-0.25, -0.2) is 0 Å². The van der Waals surface area contributed by atoms with Crippen molar-refractivity contribution in [1.82, 2.24) is 0 Å². The van der Waals surface area contributed by atoms with Crippen molar-refractivity contribution >= 4 is 17.3 Å². The number of aliphatic hydroxyl groups is 1. The molecule has 1 aromatic carbocycles. The van der Waals surface area contributed by atoms with Gasteiger partial charge in [-0.3, -0.25) is 4.79 Å². The molecule has 0 bridgehead atoms. The zero-order valence-electron chi connectivity index (χ0n) is 12.3. The summed E-state index contributed by atoms with van der Waals surface area (Å²) in [7, 11) is 1.73. The molecular weight excluding hydrogens is 252 g/mol. The first-order valence-electron chi connectivity index (χ1n) is 7.42. The zero-order chi connectivity index (χ0) is 14.4. The largest absolute Gasteiger partial charge is 0.378 e. The van der Waals surface area contributed by atoms with Crippen LogP contribution in [0.2, 0.25) is 0 Å². The van der Waals surface area contributed by atoms with Gasteiger partial charge in [0, 0.05) is 30.4 Å². The third kappa shape index (κ3) is 1.82. The van der Waals surface area contributed by atoms with Gasteiger partial charge in [0.25, 0.3) is 5.91 Å². The van der Waals surface area contributed by atoms with E-state index in [1.807, 2.05) is 18.2 Å². The Morgan fingerprint density at radius 1 is 1.35 bits per heavy atom. The molecular formula is C16H22N2O2. The summed E-state index contributed by atoms with van der Waals surface area (Å²) >= 11 is 0. The van der Waals surface area contributed by atoms with Gasteiger partial charge in [-0.1, -0.05) is 13.0 Å². The highest BCUT2D eigenvalue weighted by Gasteiger charge is 2.35. The molecule has 1 N–H and O–H groups in total. The van der Waals surface area contributed by atoms with Crippen molar-refractivity contribution in [3.63, 3.8) is 0 Å². The predicted octanol–water partition coefficient (Wildman–Crippen LogP) is 2.46. The fourth-order valence-electron chi connectivity index (χ4n) is 3.59. The molecule has 3 atom stereocenters. The number of fused-ring (bicyclic) bond motifs is 1. The summed E-state index contributed by atoms with van der Waals surface area (Å²) in [5, 5.41) is 9.92. The van der Waals surface area contributed by atoms with Gasteiger partial charge in [0.1, 0.15) is 0 Å². The molecule has 1 saturated heterocycles. The van der Waals surface area contributed by atoms with E-state index in [0.29, 0.717) is 12.1 Å². The van der Waals surface area contributed by atoms with Gasteiger partial charge in [0.15, 0.2) is 6.10 Å². The van der Waals surface area contributed by atoms with Crippen LogP contribution in [0.4, 0.5) is 11.4 Å². The Kier molecular flexibility index (Phi) is 3.21. The van der Waals surface area contributed by atoms with Crippen molar-refractivity contribution in [2.45, 2.75) is 51.3 Å². The number of benzene rings is 1. The second-order valence-electron chi connectivity index (χ2n) is 5.94. The molecule has 3 unspecified atom stereocenters. The summed E-state index contributed by atoms with van der Waals surface area (Å²) in [6, 6.07) is 7.10. The molecule has 2 aliphatic rings. The first kappa shape index (κ1) is 13.4. The number of anilines is 2. The molecule has 4 heteroatoms. The predicted molar refractivity (Wildman–Crippen MR) is 80.1 cm³/mol. The molecule has 3 rings (SSSR count). The Hall–Kier alpha value is -1.55. The fourth-order valence-corrected chi connectivity index (χ4v) is 3.59. The van der Waals surface area contributed by atoms with Crippen LogP contribution in [0, 0.1) is 0 Å². The van der Waals surface area contributed by atoms with Gasteiger partial charge >= 0.3 is 0 Å². The molecule has 0 aliphatic carbocycles. The lowest BCUT2D eigenvalue weighted by atomic mass is 10.1. The smallest absolute Gasteiger partial charge is 0.260 e. The van der Waals surface area contributed by atoms with Crippen LogP contribution in [0.5, 0.6) is 0 Å². The van der Waals surface area contributed by atoms with E-state index < -0.39 is 6.10 Å². The number of amides is 1. The highest BCUT2D eigenvalue weighted by molar-refractivity contribution is 6.03. The van der Waals surface area contributed by atoms with Crippen LogP contribution < -0.4 is 9.80 Å². The van der Waals surface area contributed by atoms with Crippen molar-refractivity contribution in [2.24, 2.45) is 0 Å². The molecule has 4 nitrogen and oxygen atoms in total. The minimum atomic E-state index is -0.998. The van der Waals surface area contributed by atoms with E-state index in [0.717, 1.165) is 23.4 Å². The molecule has 2 aliphatic heterocycles. The highest BCUT2D eigenvalue weighted by atomic mass is 16.3. The van der Waals surface area contributed by atoms with Crippen LogP contribution in [0.1, 0.15) is 44.8 Å². The van der Waals surface area contributed by atoms with Crippen LogP contribution in [-0.2, 0) is 4.79 Å². The first-order valence-corrected chi connectivity index (χ1v) is 7.42. The van der Waals surface area contributed by atoms with Crippen LogP contribution >= 0.6 is 0 Å². The number of carbonyl (C=O) groups is 1. The van der Waals surface area contributed by atoms with Crippen molar-refractivity contribution in [3.05, 3.63) is 23.8 Å². The van der Waals surface area contributed by atoms with Crippen molar-refractivity contribution in [1.29, 1.82) is 0 Å². The lowest BCUT2D eigenvalue weighted by Gasteiger charge is -2.31. The van der Waals surface area contributed by atoms with Crippen LogP contribution in [0.3, 0.4) is 0 Å². The second kappa shape index (κ2) is 4.77. The maximum Gasteiger partial charge on any atom is 0.260 e. The number of hydrogen-bond acceptors (Lipinski definition) is 3. The molecule has 0 saturated carbocycles. The second-order valence-corrected chi connectivity index (χ2v) is 5.94. The summed E-state index contributed by atoms with van der Waals surface area (Å²) in [5.41, 5.74) is 2.73. The van der Waals surface area contributed by atoms with Gasteiger partial charge in [-0.05, 0) is 38.3 Å². The molecule has 1 aromatic rings. The third-order valence-corrected chi connectivity index (χ3v) is 4.79. The lowest BCUT2D eigenvalue weighted by Crippen LogP contribution is -2.34. The Labute approximate surface area is 120 Å². The molecule has 0 spiro atoms. The summed E-state index contributed by atoms with van der Waals surface area (Å²) in [6.45, 7) is 4.48. The van der Waals surface area contributed by atoms with Crippen molar-refractivity contribution in [2.75, 3.05) is 16.8 Å². The Balaban J connectivity index is 1.99. The average molecular weight is 274 g/mol. The van der Waals surface area contributed by atoms with Crippen molar-refractivity contribution < 1.29 is 9.90 Å². The number of likely N-dealkylation sites (N-methyl/N-ethyl adjacent to an activating group) is 1. The summed E-state index contributed by atoms with van der Waals surface area (Å²) < 4.78 is 0. The molecule has 1 amide bonds. The molecule has 20 heavy (non-hydrogen) atoms. The third-order valence-electron chi connectivity index (χ3n) is 4.79. The van der Waals surface area contributed by atoms with E-state index >= 15 is 0 Å². The topological polar surface area (TPSA) is 43.8 Å². The SMILES string of the molecule is CCC1CCC(C)N1c1ccc2c(c1)N(C)C(=O)C2O. The van der Waals surface area contributed by atoms with Crippen molar-refractivity contribution in [3.8, 4) is 0 Å². The number of rotatable bonds is 2. The van der Waals surface area contributed by atoms with Gasteiger partial charge in [-0.15, -0.1) is 0 Å². The van der Waals surface area contributed by atoms with E-state index in [9.17, 15) is 9.90 Å². The average Bonchev–Trinajstić information content (AvgIpc) is 2.93.